The number of anilines is 1. The molecule has 0 amide bonds. The summed E-state index contributed by atoms with van der Waals surface area (Å²) in [5.41, 5.74) is 6.79. The van der Waals surface area contributed by atoms with Crippen molar-refractivity contribution < 1.29 is 0 Å². The van der Waals surface area contributed by atoms with E-state index in [0.717, 1.165) is 12.8 Å². The molecule has 0 heterocycles. The third kappa shape index (κ3) is 3.54. The molecule has 4 aromatic rings. The van der Waals surface area contributed by atoms with Crippen LogP contribution < -0.4 is 5.32 Å². The Kier molecular flexibility index (Phi) is 4.69. The Labute approximate surface area is 190 Å². The summed E-state index contributed by atoms with van der Waals surface area (Å²) in [6.07, 6.45) is 10.4. The highest BCUT2D eigenvalue weighted by atomic mass is 14.9. The molecule has 0 aromatic heterocycles. The molecule has 2 aliphatic carbocycles. The number of allylic oxidation sites excluding steroid dienone is 3. The number of nitrogens with one attached hydrogen (secondary N) is 1. The summed E-state index contributed by atoms with van der Waals surface area (Å²) in [5, 5.41) is 6.41. The molecule has 2 unspecified atom stereocenters. The maximum Gasteiger partial charge on any atom is 0.0381 e. The van der Waals surface area contributed by atoms with Crippen molar-refractivity contribution in [1.29, 1.82) is 0 Å². The zero-order chi connectivity index (χ0) is 21.4. The molecule has 4 aromatic carbocycles. The topological polar surface area (TPSA) is 12.0 Å². The van der Waals surface area contributed by atoms with Gasteiger partial charge in [-0.2, -0.15) is 0 Å². The Morgan fingerprint density at radius 2 is 1.50 bits per heavy atom. The van der Waals surface area contributed by atoms with Crippen molar-refractivity contribution >= 4 is 16.5 Å². The first-order valence-electron chi connectivity index (χ1n) is 11.6. The standard InChI is InChI=1S/C31H27N/c1-2-8-23(9-3-1)20-24-15-17-27(18-16-24)32-28-12-7-19-31(22-26(31)21-28)30-14-6-11-25-10-4-5-13-29(25)30/h1-11,13-19,21,26,32H,12,20,22H2. The van der Waals surface area contributed by atoms with Crippen LogP contribution in [0.2, 0.25) is 0 Å². The van der Waals surface area contributed by atoms with Crippen LogP contribution in [-0.2, 0) is 11.8 Å². The number of benzene rings is 4. The summed E-state index contributed by atoms with van der Waals surface area (Å²) in [6.45, 7) is 0. The second kappa shape index (κ2) is 7.84. The van der Waals surface area contributed by atoms with E-state index >= 15 is 0 Å². The van der Waals surface area contributed by atoms with Crippen molar-refractivity contribution in [3.63, 3.8) is 0 Å². The molecule has 0 saturated heterocycles. The van der Waals surface area contributed by atoms with E-state index in [1.807, 2.05) is 0 Å². The molecule has 0 aliphatic heterocycles. The highest BCUT2D eigenvalue weighted by molar-refractivity contribution is 5.87. The number of hydrogen-bond acceptors (Lipinski definition) is 1. The largest absolute Gasteiger partial charge is 0.359 e. The molecule has 1 fully saturated rings. The highest BCUT2D eigenvalue weighted by Gasteiger charge is 2.53. The lowest BCUT2D eigenvalue weighted by molar-refractivity contribution is 0.837. The van der Waals surface area contributed by atoms with Crippen LogP contribution in [0.1, 0.15) is 29.5 Å². The van der Waals surface area contributed by atoms with Gasteiger partial charge in [-0.3, -0.25) is 0 Å². The second-order valence-electron chi connectivity index (χ2n) is 9.16. The quantitative estimate of drug-likeness (QED) is 0.331. The van der Waals surface area contributed by atoms with E-state index < -0.39 is 0 Å². The van der Waals surface area contributed by atoms with Crippen LogP contribution >= 0.6 is 0 Å². The van der Waals surface area contributed by atoms with Crippen molar-refractivity contribution in [3.8, 4) is 0 Å². The fourth-order valence-electron chi connectivity index (χ4n) is 5.26. The minimum Gasteiger partial charge on any atom is -0.359 e. The first-order valence-corrected chi connectivity index (χ1v) is 11.6. The molecule has 2 aliphatic rings. The van der Waals surface area contributed by atoms with Gasteiger partial charge in [0.05, 0.1) is 0 Å². The summed E-state index contributed by atoms with van der Waals surface area (Å²) in [4.78, 5) is 0. The SMILES string of the molecule is C1=CC2(c3cccc4ccccc34)CC2C=C(Nc2ccc(Cc3ccccc3)cc2)C1. The van der Waals surface area contributed by atoms with E-state index in [9.17, 15) is 0 Å². The lowest BCUT2D eigenvalue weighted by Gasteiger charge is -2.15. The van der Waals surface area contributed by atoms with Crippen molar-refractivity contribution in [1.82, 2.24) is 0 Å². The van der Waals surface area contributed by atoms with Crippen LogP contribution in [0.25, 0.3) is 10.8 Å². The van der Waals surface area contributed by atoms with E-state index in [2.05, 4.69) is 121 Å². The predicted molar refractivity (Wildman–Crippen MR) is 135 cm³/mol. The van der Waals surface area contributed by atoms with Gasteiger partial charge in [-0.25, -0.2) is 0 Å². The molecule has 0 bridgehead atoms. The zero-order valence-electron chi connectivity index (χ0n) is 18.2. The Balaban J connectivity index is 1.20. The minimum atomic E-state index is 0.157. The summed E-state index contributed by atoms with van der Waals surface area (Å²) in [6, 6.07) is 35.1. The Morgan fingerprint density at radius 3 is 2.38 bits per heavy atom. The average Bonchev–Trinajstić information content (AvgIpc) is 3.55. The summed E-state index contributed by atoms with van der Waals surface area (Å²) < 4.78 is 0. The lowest BCUT2D eigenvalue weighted by atomic mass is 9.88. The number of hydrogen-bond donors (Lipinski definition) is 1. The van der Waals surface area contributed by atoms with E-state index in [4.69, 9.17) is 0 Å². The highest BCUT2D eigenvalue weighted by Crippen LogP contribution is 2.59. The minimum absolute atomic E-state index is 0.157. The van der Waals surface area contributed by atoms with Crippen molar-refractivity contribution in [2.45, 2.75) is 24.7 Å². The fraction of sp³-hybridized carbons (Fsp3) is 0.161. The van der Waals surface area contributed by atoms with E-state index in [1.165, 1.54) is 45.3 Å². The van der Waals surface area contributed by atoms with Gasteiger partial charge in [-0.1, -0.05) is 103 Å². The summed E-state index contributed by atoms with van der Waals surface area (Å²) in [5.74, 6) is 0.562. The number of rotatable bonds is 5. The molecule has 0 spiro atoms. The zero-order valence-corrected chi connectivity index (χ0v) is 18.2. The fourth-order valence-corrected chi connectivity index (χ4v) is 5.26. The van der Waals surface area contributed by atoms with Crippen molar-refractivity contribution in [2.75, 3.05) is 5.32 Å². The Bertz CT molecular complexity index is 1310. The Hall–Kier alpha value is -3.58. The third-order valence-electron chi connectivity index (χ3n) is 7.02. The maximum absolute atomic E-state index is 3.68. The molecule has 32 heavy (non-hydrogen) atoms. The molecular weight excluding hydrogens is 386 g/mol. The monoisotopic (exact) mass is 413 g/mol. The molecule has 1 saturated carbocycles. The van der Waals surface area contributed by atoms with Gasteiger partial charge < -0.3 is 5.32 Å². The first-order chi connectivity index (χ1) is 15.8. The molecular formula is C31H27N. The van der Waals surface area contributed by atoms with Gasteiger partial charge in [-0.15, -0.1) is 0 Å². The van der Waals surface area contributed by atoms with Gasteiger partial charge in [0.15, 0.2) is 0 Å². The normalized spacial score (nSPS) is 21.5. The van der Waals surface area contributed by atoms with E-state index in [-0.39, 0.29) is 5.41 Å². The number of fused-ring (bicyclic) bond motifs is 2. The molecule has 2 atom stereocenters. The maximum atomic E-state index is 3.68. The van der Waals surface area contributed by atoms with Crippen LogP contribution in [0.5, 0.6) is 0 Å². The lowest BCUT2D eigenvalue weighted by Crippen LogP contribution is -2.06. The molecule has 6 rings (SSSR count). The first kappa shape index (κ1) is 19.1. The molecule has 1 N–H and O–H groups in total. The Morgan fingerprint density at radius 1 is 0.750 bits per heavy atom. The van der Waals surface area contributed by atoms with Gasteiger partial charge in [0.25, 0.3) is 0 Å². The smallest absolute Gasteiger partial charge is 0.0381 e. The van der Waals surface area contributed by atoms with Crippen LogP contribution in [-0.4, -0.2) is 0 Å². The van der Waals surface area contributed by atoms with Gasteiger partial charge in [0, 0.05) is 23.2 Å². The van der Waals surface area contributed by atoms with Crippen LogP contribution in [0.3, 0.4) is 0 Å². The molecule has 1 heteroatoms. The third-order valence-corrected chi connectivity index (χ3v) is 7.02. The van der Waals surface area contributed by atoms with Crippen LogP contribution in [0.4, 0.5) is 5.69 Å². The van der Waals surface area contributed by atoms with Crippen LogP contribution in [0, 0.1) is 5.92 Å². The van der Waals surface area contributed by atoms with Gasteiger partial charge >= 0.3 is 0 Å². The second-order valence-corrected chi connectivity index (χ2v) is 9.16. The van der Waals surface area contributed by atoms with Gasteiger partial charge in [0.2, 0.25) is 0 Å². The molecule has 156 valence electrons. The van der Waals surface area contributed by atoms with Crippen molar-refractivity contribution in [3.05, 3.63) is 138 Å². The molecule has 1 nitrogen and oxygen atoms in total. The summed E-state index contributed by atoms with van der Waals surface area (Å²) in [7, 11) is 0. The van der Waals surface area contributed by atoms with Gasteiger partial charge in [0.1, 0.15) is 0 Å². The van der Waals surface area contributed by atoms with Crippen molar-refractivity contribution in [2.24, 2.45) is 5.92 Å². The average molecular weight is 414 g/mol. The molecule has 0 radical (unpaired) electrons. The predicted octanol–water partition coefficient (Wildman–Crippen LogP) is 7.64. The van der Waals surface area contributed by atoms with E-state index in [0.29, 0.717) is 5.92 Å². The van der Waals surface area contributed by atoms with E-state index in [1.54, 1.807) is 0 Å². The summed E-state index contributed by atoms with van der Waals surface area (Å²) >= 11 is 0. The van der Waals surface area contributed by atoms with Crippen LogP contribution in [0.15, 0.2) is 121 Å². The van der Waals surface area contributed by atoms with Gasteiger partial charge in [-0.05, 0) is 58.4 Å².